The van der Waals surface area contributed by atoms with E-state index in [9.17, 15) is 8.42 Å². The van der Waals surface area contributed by atoms with E-state index in [4.69, 9.17) is 27.0 Å². The number of rotatable bonds is 4. The van der Waals surface area contributed by atoms with Crippen molar-refractivity contribution in [2.75, 3.05) is 0 Å². The lowest BCUT2D eigenvalue weighted by molar-refractivity contribution is 0.298. The zero-order valence-electron chi connectivity index (χ0n) is 9.71. The third-order valence-corrected chi connectivity index (χ3v) is 3.98. The van der Waals surface area contributed by atoms with Crippen molar-refractivity contribution >= 4 is 31.3 Å². The molecule has 0 saturated carbocycles. The number of ether oxygens (including phenoxy) is 1. The first kappa shape index (κ1) is 14.2. The summed E-state index contributed by atoms with van der Waals surface area (Å²) >= 11 is 5.76. The van der Waals surface area contributed by atoms with Crippen LogP contribution in [0.25, 0.3) is 0 Å². The molecule has 100 valence electrons. The standard InChI is InChI=1S/C13H10Cl2O3S/c14-11-6-7-12(13(8-11)19(15,16)17)18-9-10-4-2-1-3-5-10/h1-8H,9H2. The molecule has 2 aromatic rings. The van der Waals surface area contributed by atoms with Crippen molar-refractivity contribution in [3.8, 4) is 5.75 Å². The molecule has 0 heterocycles. The van der Waals surface area contributed by atoms with Gasteiger partial charge in [-0.2, -0.15) is 0 Å². The molecular weight excluding hydrogens is 307 g/mol. The molecule has 0 spiro atoms. The van der Waals surface area contributed by atoms with Crippen molar-refractivity contribution in [1.29, 1.82) is 0 Å². The van der Waals surface area contributed by atoms with Crippen LogP contribution in [0.3, 0.4) is 0 Å². The average molecular weight is 317 g/mol. The second-order valence-electron chi connectivity index (χ2n) is 3.80. The van der Waals surface area contributed by atoms with E-state index in [1.54, 1.807) is 6.07 Å². The molecule has 0 atom stereocenters. The van der Waals surface area contributed by atoms with Crippen LogP contribution in [-0.2, 0) is 15.7 Å². The average Bonchev–Trinajstić information content (AvgIpc) is 2.37. The van der Waals surface area contributed by atoms with Gasteiger partial charge in [-0.05, 0) is 23.8 Å². The molecule has 0 aliphatic heterocycles. The van der Waals surface area contributed by atoms with Crippen LogP contribution >= 0.6 is 22.3 Å². The Morgan fingerprint density at radius 1 is 1.05 bits per heavy atom. The summed E-state index contributed by atoms with van der Waals surface area (Å²) in [6.07, 6.45) is 0. The van der Waals surface area contributed by atoms with Gasteiger partial charge in [0, 0.05) is 15.7 Å². The quantitative estimate of drug-likeness (QED) is 0.805. The normalized spacial score (nSPS) is 11.3. The minimum atomic E-state index is -3.90. The lowest BCUT2D eigenvalue weighted by atomic mass is 10.2. The summed E-state index contributed by atoms with van der Waals surface area (Å²) in [6.45, 7) is 0.252. The Kier molecular flexibility index (Phi) is 4.34. The summed E-state index contributed by atoms with van der Waals surface area (Å²) in [5.41, 5.74) is 0.926. The molecule has 0 bridgehead atoms. The summed E-state index contributed by atoms with van der Waals surface area (Å²) in [6, 6.07) is 13.7. The molecule has 19 heavy (non-hydrogen) atoms. The van der Waals surface area contributed by atoms with Gasteiger partial charge in [-0.1, -0.05) is 41.9 Å². The fourth-order valence-electron chi connectivity index (χ4n) is 1.53. The van der Waals surface area contributed by atoms with Crippen LogP contribution < -0.4 is 4.74 Å². The van der Waals surface area contributed by atoms with E-state index in [1.165, 1.54) is 12.1 Å². The molecule has 6 heteroatoms. The lowest BCUT2D eigenvalue weighted by Gasteiger charge is -2.10. The Morgan fingerprint density at radius 3 is 2.37 bits per heavy atom. The summed E-state index contributed by atoms with van der Waals surface area (Å²) < 4.78 is 28.4. The van der Waals surface area contributed by atoms with Gasteiger partial charge in [-0.3, -0.25) is 0 Å². The molecule has 0 N–H and O–H groups in total. The van der Waals surface area contributed by atoms with E-state index >= 15 is 0 Å². The van der Waals surface area contributed by atoms with Crippen LogP contribution in [0, 0.1) is 0 Å². The van der Waals surface area contributed by atoms with Crippen molar-refractivity contribution in [3.05, 3.63) is 59.1 Å². The number of hydrogen-bond acceptors (Lipinski definition) is 3. The first-order chi connectivity index (χ1) is 8.97. The summed E-state index contributed by atoms with van der Waals surface area (Å²) in [5.74, 6) is 0.184. The van der Waals surface area contributed by atoms with Gasteiger partial charge in [0.1, 0.15) is 17.3 Å². The second kappa shape index (κ2) is 5.82. The maximum Gasteiger partial charge on any atom is 0.265 e. The van der Waals surface area contributed by atoms with Gasteiger partial charge in [0.2, 0.25) is 0 Å². The molecule has 0 aliphatic carbocycles. The molecule has 0 saturated heterocycles. The molecule has 0 fully saturated rings. The fraction of sp³-hybridized carbons (Fsp3) is 0.0769. The van der Waals surface area contributed by atoms with Crippen LogP contribution in [-0.4, -0.2) is 8.42 Å². The largest absolute Gasteiger partial charge is 0.487 e. The van der Waals surface area contributed by atoms with Gasteiger partial charge in [0.05, 0.1) is 0 Å². The summed E-state index contributed by atoms with van der Waals surface area (Å²) in [7, 11) is 1.45. The van der Waals surface area contributed by atoms with Gasteiger partial charge >= 0.3 is 0 Å². The molecule has 0 aromatic heterocycles. The van der Waals surface area contributed by atoms with Gasteiger partial charge in [-0.15, -0.1) is 0 Å². The van der Waals surface area contributed by atoms with E-state index < -0.39 is 9.05 Å². The first-order valence-corrected chi connectivity index (χ1v) is 8.06. The number of hydrogen-bond donors (Lipinski definition) is 0. The minimum Gasteiger partial charge on any atom is -0.487 e. The minimum absolute atomic E-state index is 0.127. The van der Waals surface area contributed by atoms with Gasteiger partial charge in [0.25, 0.3) is 9.05 Å². The van der Waals surface area contributed by atoms with Gasteiger partial charge in [0.15, 0.2) is 0 Å². The molecule has 0 amide bonds. The van der Waals surface area contributed by atoms with Crippen molar-refractivity contribution < 1.29 is 13.2 Å². The number of halogens is 2. The van der Waals surface area contributed by atoms with E-state index in [1.807, 2.05) is 30.3 Å². The Balaban J connectivity index is 2.26. The summed E-state index contributed by atoms with van der Waals surface area (Å²) in [5, 5.41) is 0.284. The number of benzene rings is 2. The van der Waals surface area contributed by atoms with Crippen LogP contribution in [0.4, 0.5) is 0 Å². The Hall–Kier alpha value is -1.23. The van der Waals surface area contributed by atoms with Crippen molar-refractivity contribution in [3.63, 3.8) is 0 Å². The first-order valence-electron chi connectivity index (χ1n) is 5.38. The smallest absolute Gasteiger partial charge is 0.265 e. The SMILES string of the molecule is O=S(=O)(Cl)c1cc(Cl)ccc1OCc1ccccc1. The van der Waals surface area contributed by atoms with Crippen molar-refractivity contribution in [2.45, 2.75) is 11.5 Å². The second-order valence-corrected chi connectivity index (χ2v) is 6.77. The molecular formula is C13H10Cl2O3S. The third kappa shape index (κ3) is 3.86. The molecule has 0 unspecified atom stereocenters. The molecule has 0 radical (unpaired) electrons. The van der Waals surface area contributed by atoms with Gasteiger partial charge in [-0.25, -0.2) is 8.42 Å². The maximum atomic E-state index is 11.4. The molecule has 2 rings (SSSR count). The Morgan fingerprint density at radius 2 is 1.74 bits per heavy atom. The highest BCUT2D eigenvalue weighted by Gasteiger charge is 2.17. The van der Waals surface area contributed by atoms with Crippen molar-refractivity contribution in [2.24, 2.45) is 0 Å². The van der Waals surface area contributed by atoms with E-state index in [2.05, 4.69) is 0 Å². The zero-order valence-corrected chi connectivity index (χ0v) is 12.0. The molecule has 3 nitrogen and oxygen atoms in total. The predicted molar refractivity (Wildman–Crippen MR) is 75.3 cm³/mol. The highest BCUT2D eigenvalue weighted by atomic mass is 35.7. The van der Waals surface area contributed by atoms with E-state index in [-0.39, 0.29) is 22.3 Å². The highest BCUT2D eigenvalue weighted by molar-refractivity contribution is 8.13. The van der Waals surface area contributed by atoms with E-state index in [0.29, 0.717) is 0 Å². The van der Waals surface area contributed by atoms with Crippen LogP contribution in [0.1, 0.15) is 5.56 Å². The summed E-state index contributed by atoms with van der Waals surface area (Å²) in [4.78, 5) is -0.127. The maximum absolute atomic E-state index is 11.4. The Labute approximate surface area is 121 Å². The van der Waals surface area contributed by atoms with Crippen LogP contribution in [0.5, 0.6) is 5.75 Å². The molecule has 0 aliphatic rings. The third-order valence-electron chi connectivity index (χ3n) is 2.41. The van der Waals surface area contributed by atoms with Crippen LogP contribution in [0.15, 0.2) is 53.4 Å². The monoisotopic (exact) mass is 316 g/mol. The Bertz CT molecular complexity index is 670. The van der Waals surface area contributed by atoms with Crippen molar-refractivity contribution in [1.82, 2.24) is 0 Å². The zero-order chi connectivity index (χ0) is 13.9. The lowest BCUT2D eigenvalue weighted by Crippen LogP contribution is -2.00. The van der Waals surface area contributed by atoms with Gasteiger partial charge < -0.3 is 4.74 Å². The predicted octanol–water partition coefficient (Wildman–Crippen LogP) is 3.85. The van der Waals surface area contributed by atoms with E-state index in [0.717, 1.165) is 5.56 Å². The highest BCUT2D eigenvalue weighted by Crippen LogP contribution is 2.30. The topological polar surface area (TPSA) is 43.4 Å². The fourth-order valence-corrected chi connectivity index (χ4v) is 2.76. The van der Waals surface area contributed by atoms with Crippen LogP contribution in [0.2, 0.25) is 5.02 Å². The molecule has 2 aromatic carbocycles.